The van der Waals surface area contributed by atoms with E-state index in [0.717, 1.165) is 0 Å². The highest BCUT2D eigenvalue weighted by Gasteiger charge is 2.18. The lowest BCUT2D eigenvalue weighted by molar-refractivity contribution is 0.592. The van der Waals surface area contributed by atoms with Crippen LogP contribution in [-0.2, 0) is 19.1 Å². The third-order valence-corrected chi connectivity index (χ3v) is 6.14. The van der Waals surface area contributed by atoms with Crippen molar-refractivity contribution in [2.24, 2.45) is 0 Å². The zero-order valence-corrected chi connectivity index (χ0v) is 13.5. The highest BCUT2D eigenvalue weighted by Crippen LogP contribution is 2.28. The largest absolute Gasteiger partial charge is 0.283 e. The van der Waals surface area contributed by atoms with Crippen LogP contribution < -0.4 is 4.72 Å². The minimum Gasteiger partial charge on any atom is -0.283 e. The summed E-state index contributed by atoms with van der Waals surface area (Å²) in [5.41, 5.74) is 0.264. The van der Waals surface area contributed by atoms with Gasteiger partial charge in [0.25, 0.3) is 9.05 Å². The molecule has 0 unspecified atom stereocenters. The topological polar surface area (TPSA) is 80.3 Å². The van der Waals surface area contributed by atoms with Crippen LogP contribution in [0.25, 0.3) is 0 Å². The van der Waals surface area contributed by atoms with E-state index in [4.69, 9.17) is 10.7 Å². The number of nitrogens with one attached hydrogen (secondary N) is 1. The highest BCUT2D eigenvalue weighted by molar-refractivity contribution is 9.10. The lowest BCUT2D eigenvalue weighted by Crippen LogP contribution is -2.22. The Morgan fingerprint density at radius 2 is 1.78 bits per heavy atom. The molecule has 102 valence electrons. The Bertz CT molecular complexity index is 655. The summed E-state index contributed by atoms with van der Waals surface area (Å²) < 4.78 is 48.1. The van der Waals surface area contributed by atoms with E-state index in [9.17, 15) is 16.8 Å². The number of anilines is 1. The predicted octanol–water partition coefficient (Wildman–Crippen LogP) is 2.53. The Labute approximate surface area is 119 Å². The van der Waals surface area contributed by atoms with Gasteiger partial charge in [0.05, 0.1) is 10.1 Å². The van der Waals surface area contributed by atoms with Crippen molar-refractivity contribution in [1.29, 1.82) is 0 Å². The van der Waals surface area contributed by atoms with Gasteiger partial charge in [0.15, 0.2) is 0 Å². The standard InChI is InChI=1S/C9H11BrClNO4S2/c1-6(2)18(15,16)12-7-3-4-9(8(10)5-7)17(11,13)14/h3-6,12H,1-2H3. The number of halogens is 2. The monoisotopic (exact) mass is 375 g/mol. The third-order valence-electron chi connectivity index (χ3n) is 2.08. The minimum atomic E-state index is -3.86. The molecule has 0 atom stereocenters. The Morgan fingerprint density at radius 3 is 2.17 bits per heavy atom. The van der Waals surface area contributed by atoms with Gasteiger partial charge in [-0.15, -0.1) is 0 Å². The fourth-order valence-electron chi connectivity index (χ4n) is 1.04. The fourth-order valence-corrected chi connectivity index (χ4v) is 3.96. The van der Waals surface area contributed by atoms with E-state index in [1.54, 1.807) is 0 Å². The van der Waals surface area contributed by atoms with Crippen LogP contribution >= 0.6 is 26.6 Å². The molecule has 0 bridgehead atoms. The molecule has 0 saturated heterocycles. The first-order valence-electron chi connectivity index (χ1n) is 4.80. The summed E-state index contributed by atoms with van der Waals surface area (Å²) in [5.74, 6) is 0. The molecular formula is C9H11BrClNO4S2. The van der Waals surface area contributed by atoms with Crippen molar-refractivity contribution in [2.45, 2.75) is 24.0 Å². The predicted molar refractivity (Wildman–Crippen MR) is 74.9 cm³/mol. The van der Waals surface area contributed by atoms with E-state index in [2.05, 4.69) is 20.7 Å². The Morgan fingerprint density at radius 1 is 1.22 bits per heavy atom. The Balaban J connectivity index is 3.15. The third kappa shape index (κ3) is 3.84. The van der Waals surface area contributed by atoms with Gasteiger partial charge in [0.1, 0.15) is 0 Å². The molecule has 0 amide bonds. The van der Waals surface area contributed by atoms with Gasteiger partial charge in [-0.3, -0.25) is 4.72 Å². The average Bonchev–Trinajstić information content (AvgIpc) is 2.14. The molecule has 5 nitrogen and oxygen atoms in total. The summed E-state index contributed by atoms with van der Waals surface area (Å²) >= 11 is 3.03. The van der Waals surface area contributed by atoms with Crippen LogP contribution in [0.4, 0.5) is 5.69 Å². The van der Waals surface area contributed by atoms with Gasteiger partial charge in [0.2, 0.25) is 10.0 Å². The summed E-state index contributed by atoms with van der Waals surface area (Å²) in [5, 5.41) is -0.590. The van der Waals surface area contributed by atoms with E-state index in [1.807, 2.05) is 0 Å². The number of hydrogen-bond acceptors (Lipinski definition) is 4. The van der Waals surface area contributed by atoms with Crippen LogP contribution in [0.5, 0.6) is 0 Å². The van der Waals surface area contributed by atoms with Crippen LogP contribution in [0, 0.1) is 0 Å². The molecule has 0 aromatic heterocycles. The fraction of sp³-hybridized carbons (Fsp3) is 0.333. The maximum atomic E-state index is 11.6. The zero-order chi connectivity index (χ0) is 14.1. The van der Waals surface area contributed by atoms with Crippen molar-refractivity contribution in [3.05, 3.63) is 22.7 Å². The number of rotatable bonds is 4. The van der Waals surface area contributed by atoms with Crippen LogP contribution in [-0.4, -0.2) is 22.1 Å². The van der Waals surface area contributed by atoms with Gasteiger partial charge in [-0.25, -0.2) is 16.8 Å². The molecule has 1 aromatic rings. The molecule has 9 heteroatoms. The molecule has 0 aliphatic carbocycles. The summed E-state index contributed by atoms with van der Waals surface area (Å²) in [6.07, 6.45) is 0. The lowest BCUT2D eigenvalue weighted by Gasteiger charge is -2.11. The second kappa shape index (κ2) is 5.36. The molecule has 0 aliphatic rings. The van der Waals surface area contributed by atoms with Crippen molar-refractivity contribution in [1.82, 2.24) is 0 Å². The molecule has 0 fully saturated rings. The SMILES string of the molecule is CC(C)S(=O)(=O)Nc1ccc(S(=O)(=O)Cl)c(Br)c1. The second-order valence-corrected chi connectivity index (χ2v) is 9.40. The van der Waals surface area contributed by atoms with Gasteiger partial charge >= 0.3 is 0 Å². The molecule has 18 heavy (non-hydrogen) atoms. The maximum Gasteiger partial charge on any atom is 0.262 e. The van der Waals surface area contributed by atoms with Crippen molar-refractivity contribution in [3.8, 4) is 0 Å². The Hall–Kier alpha value is -0.310. The first-order chi connectivity index (χ1) is 8.04. The zero-order valence-electron chi connectivity index (χ0n) is 9.51. The van der Waals surface area contributed by atoms with Gasteiger partial charge in [-0.1, -0.05) is 0 Å². The Kier molecular flexibility index (Phi) is 4.69. The van der Waals surface area contributed by atoms with Crippen molar-refractivity contribution in [3.63, 3.8) is 0 Å². The first-order valence-corrected chi connectivity index (χ1v) is 9.45. The molecule has 1 N–H and O–H groups in total. The summed E-state index contributed by atoms with van der Waals surface area (Å²) in [6, 6.07) is 3.90. The van der Waals surface area contributed by atoms with Gasteiger partial charge in [-0.2, -0.15) is 0 Å². The van der Waals surface area contributed by atoms with E-state index in [0.29, 0.717) is 0 Å². The first kappa shape index (κ1) is 15.7. The molecule has 0 saturated carbocycles. The summed E-state index contributed by atoms with van der Waals surface area (Å²) in [4.78, 5) is -0.114. The maximum absolute atomic E-state index is 11.6. The number of hydrogen-bond donors (Lipinski definition) is 1. The van der Waals surface area contributed by atoms with Crippen LogP contribution in [0.1, 0.15) is 13.8 Å². The van der Waals surface area contributed by atoms with E-state index >= 15 is 0 Å². The van der Waals surface area contributed by atoms with Gasteiger partial charge in [-0.05, 0) is 48.0 Å². The van der Waals surface area contributed by atoms with Gasteiger partial charge in [0, 0.05) is 20.8 Å². The number of benzene rings is 1. The van der Waals surface area contributed by atoms with E-state index in [1.165, 1.54) is 32.0 Å². The summed E-state index contributed by atoms with van der Waals surface area (Å²) in [6.45, 7) is 3.07. The molecule has 1 rings (SSSR count). The smallest absolute Gasteiger partial charge is 0.262 e. The van der Waals surface area contributed by atoms with Gasteiger partial charge < -0.3 is 0 Å². The van der Waals surface area contributed by atoms with Crippen molar-refractivity contribution >= 4 is 51.4 Å². The highest BCUT2D eigenvalue weighted by atomic mass is 79.9. The molecule has 0 aliphatic heterocycles. The lowest BCUT2D eigenvalue weighted by atomic mass is 10.3. The molecule has 0 spiro atoms. The van der Waals surface area contributed by atoms with Crippen LogP contribution in [0.3, 0.4) is 0 Å². The van der Waals surface area contributed by atoms with Crippen LogP contribution in [0.2, 0.25) is 0 Å². The molecule has 0 heterocycles. The normalized spacial score (nSPS) is 12.7. The quantitative estimate of drug-likeness (QED) is 0.819. The molecule has 1 aromatic carbocycles. The van der Waals surface area contributed by atoms with E-state index in [-0.39, 0.29) is 15.1 Å². The van der Waals surface area contributed by atoms with Crippen molar-refractivity contribution in [2.75, 3.05) is 4.72 Å². The molecular weight excluding hydrogens is 366 g/mol. The second-order valence-electron chi connectivity index (χ2n) is 3.78. The summed E-state index contributed by atoms with van der Waals surface area (Å²) in [7, 11) is -2.13. The number of sulfonamides is 1. The average molecular weight is 377 g/mol. The van der Waals surface area contributed by atoms with Crippen LogP contribution in [0.15, 0.2) is 27.6 Å². The minimum absolute atomic E-state index is 0.114. The van der Waals surface area contributed by atoms with E-state index < -0.39 is 24.3 Å². The molecule has 0 radical (unpaired) electrons. The van der Waals surface area contributed by atoms with Crippen molar-refractivity contribution < 1.29 is 16.8 Å².